The molecular weight excluding hydrogens is 170 g/mol. The van der Waals surface area contributed by atoms with Crippen molar-refractivity contribution < 1.29 is 14.7 Å². The molecular formula is C9H15NO3. The predicted octanol–water partition coefficient (Wildman–Crippen LogP) is 0.720. The average molecular weight is 185 g/mol. The van der Waals surface area contributed by atoms with E-state index in [1.54, 1.807) is 4.90 Å². The maximum Gasteiger partial charge on any atom is 0.308 e. The van der Waals surface area contributed by atoms with Crippen LogP contribution in [0, 0.1) is 5.92 Å². The molecule has 1 saturated heterocycles. The highest BCUT2D eigenvalue weighted by molar-refractivity contribution is 5.86. The molecule has 4 nitrogen and oxygen atoms in total. The molecule has 1 heterocycles. The van der Waals surface area contributed by atoms with Gasteiger partial charge in [0.15, 0.2) is 0 Å². The van der Waals surface area contributed by atoms with Gasteiger partial charge in [-0.2, -0.15) is 0 Å². The molecule has 0 spiro atoms. The molecule has 0 saturated carbocycles. The molecule has 1 rings (SSSR count). The van der Waals surface area contributed by atoms with E-state index in [0.29, 0.717) is 13.1 Å². The quantitative estimate of drug-likeness (QED) is 0.702. The molecule has 1 aliphatic rings. The van der Waals surface area contributed by atoms with Gasteiger partial charge in [0.1, 0.15) is 0 Å². The van der Waals surface area contributed by atoms with Crippen molar-refractivity contribution in [2.24, 2.45) is 5.92 Å². The van der Waals surface area contributed by atoms with Crippen LogP contribution in [0.1, 0.15) is 26.2 Å². The lowest BCUT2D eigenvalue weighted by Crippen LogP contribution is -2.27. The van der Waals surface area contributed by atoms with Crippen LogP contribution in [0.3, 0.4) is 0 Å². The van der Waals surface area contributed by atoms with Crippen LogP contribution in [-0.2, 0) is 9.59 Å². The summed E-state index contributed by atoms with van der Waals surface area (Å²) < 4.78 is 0. The molecule has 4 heteroatoms. The summed E-state index contributed by atoms with van der Waals surface area (Å²) in [7, 11) is 0. The van der Waals surface area contributed by atoms with E-state index in [0.717, 1.165) is 12.8 Å². The molecule has 0 unspecified atom stereocenters. The number of unbranched alkanes of at least 4 members (excludes halogenated alkanes) is 1. The van der Waals surface area contributed by atoms with E-state index in [1.807, 2.05) is 0 Å². The second kappa shape index (κ2) is 4.25. The molecule has 0 radical (unpaired) electrons. The SMILES string of the molecule is CCCCN1C[C@H](C(=O)O)CC1=O. The highest BCUT2D eigenvalue weighted by atomic mass is 16.4. The van der Waals surface area contributed by atoms with Crippen molar-refractivity contribution in [3.8, 4) is 0 Å². The number of nitrogens with zero attached hydrogens (tertiary/aromatic N) is 1. The summed E-state index contributed by atoms with van der Waals surface area (Å²) in [5, 5.41) is 8.70. The van der Waals surface area contributed by atoms with E-state index in [1.165, 1.54) is 0 Å². The van der Waals surface area contributed by atoms with Gasteiger partial charge in [-0.15, -0.1) is 0 Å². The summed E-state index contributed by atoms with van der Waals surface area (Å²) in [6, 6.07) is 0. The van der Waals surface area contributed by atoms with E-state index >= 15 is 0 Å². The van der Waals surface area contributed by atoms with Gasteiger partial charge in [0.25, 0.3) is 0 Å². The van der Waals surface area contributed by atoms with Crippen LogP contribution in [0.15, 0.2) is 0 Å². The average Bonchev–Trinajstić information content (AvgIpc) is 2.44. The van der Waals surface area contributed by atoms with Crippen molar-refractivity contribution in [1.82, 2.24) is 4.90 Å². The van der Waals surface area contributed by atoms with Crippen molar-refractivity contribution >= 4 is 11.9 Å². The van der Waals surface area contributed by atoms with E-state index in [2.05, 4.69) is 6.92 Å². The van der Waals surface area contributed by atoms with Crippen molar-refractivity contribution in [1.29, 1.82) is 0 Å². The van der Waals surface area contributed by atoms with Crippen LogP contribution in [0.4, 0.5) is 0 Å². The number of carboxylic acid groups (broad SMARTS) is 1. The Kier molecular flexibility index (Phi) is 3.28. The standard InChI is InChI=1S/C9H15NO3/c1-2-3-4-10-6-7(9(12)13)5-8(10)11/h7H,2-6H2,1H3,(H,12,13)/t7-/m1/s1. The third-order valence-corrected chi connectivity index (χ3v) is 2.35. The number of carbonyl (C=O) groups excluding carboxylic acids is 1. The zero-order valence-corrected chi connectivity index (χ0v) is 7.82. The first kappa shape index (κ1) is 10.0. The summed E-state index contributed by atoms with van der Waals surface area (Å²) >= 11 is 0. The Hall–Kier alpha value is -1.06. The third kappa shape index (κ3) is 2.44. The Labute approximate surface area is 77.5 Å². The molecule has 0 aromatic heterocycles. The minimum atomic E-state index is -0.854. The number of amides is 1. The first-order chi connectivity index (χ1) is 6.15. The van der Waals surface area contributed by atoms with Crippen LogP contribution >= 0.6 is 0 Å². The molecule has 0 bridgehead atoms. The van der Waals surface area contributed by atoms with Crippen molar-refractivity contribution in [2.45, 2.75) is 26.2 Å². The van der Waals surface area contributed by atoms with Crippen LogP contribution in [-0.4, -0.2) is 35.0 Å². The second-order valence-corrected chi connectivity index (χ2v) is 3.43. The van der Waals surface area contributed by atoms with Crippen LogP contribution < -0.4 is 0 Å². The molecule has 1 aliphatic heterocycles. The van der Waals surface area contributed by atoms with Gasteiger partial charge in [-0.25, -0.2) is 0 Å². The Balaban J connectivity index is 2.42. The smallest absolute Gasteiger partial charge is 0.308 e. The lowest BCUT2D eigenvalue weighted by Gasteiger charge is -2.14. The van der Waals surface area contributed by atoms with E-state index in [9.17, 15) is 9.59 Å². The molecule has 1 N–H and O–H groups in total. The minimum absolute atomic E-state index is 0.0131. The third-order valence-electron chi connectivity index (χ3n) is 2.35. The molecule has 0 aromatic carbocycles. The van der Waals surface area contributed by atoms with Crippen LogP contribution in [0.2, 0.25) is 0 Å². The Bertz CT molecular complexity index is 215. The fourth-order valence-electron chi connectivity index (χ4n) is 1.50. The van der Waals surface area contributed by atoms with E-state index in [4.69, 9.17) is 5.11 Å². The number of carboxylic acids is 1. The molecule has 1 fully saturated rings. The van der Waals surface area contributed by atoms with E-state index < -0.39 is 11.9 Å². The van der Waals surface area contributed by atoms with E-state index in [-0.39, 0.29) is 12.3 Å². The van der Waals surface area contributed by atoms with Gasteiger partial charge < -0.3 is 10.0 Å². The normalized spacial score (nSPS) is 22.4. The van der Waals surface area contributed by atoms with Gasteiger partial charge in [-0.3, -0.25) is 9.59 Å². The highest BCUT2D eigenvalue weighted by Gasteiger charge is 2.33. The Morgan fingerprint density at radius 1 is 1.69 bits per heavy atom. The number of aliphatic carboxylic acids is 1. The number of hydrogen-bond donors (Lipinski definition) is 1. The van der Waals surface area contributed by atoms with Crippen molar-refractivity contribution in [2.75, 3.05) is 13.1 Å². The zero-order valence-electron chi connectivity index (χ0n) is 7.82. The lowest BCUT2D eigenvalue weighted by atomic mass is 10.1. The molecule has 0 aliphatic carbocycles. The minimum Gasteiger partial charge on any atom is -0.481 e. The summed E-state index contributed by atoms with van der Waals surface area (Å²) in [6.07, 6.45) is 2.17. The van der Waals surface area contributed by atoms with Gasteiger partial charge in [0, 0.05) is 19.5 Å². The van der Waals surface area contributed by atoms with Gasteiger partial charge in [0.05, 0.1) is 5.92 Å². The van der Waals surface area contributed by atoms with Crippen molar-refractivity contribution in [3.05, 3.63) is 0 Å². The predicted molar refractivity (Wildman–Crippen MR) is 47.2 cm³/mol. The zero-order chi connectivity index (χ0) is 9.84. The topological polar surface area (TPSA) is 57.6 Å². The highest BCUT2D eigenvalue weighted by Crippen LogP contribution is 2.18. The number of carbonyl (C=O) groups is 2. The largest absolute Gasteiger partial charge is 0.481 e. The summed E-state index contributed by atoms with van der Waals surface area (Å²) in [6.45, 7) is 3.16. The fraction of sp³-hybridized carbons (Fsp3) is 0.778. The molecule has 0 aromatic rings. The second-order valence-electron chi connectivity index (χ2n) is 3.43. The molecule has 13 heavy (non-hydrogen) atoms. The monoisotopic (exact) mass is 185 g/mol. The van der Waals surface area contributed by atoms with Gasteiger partial charge in [-0.1, -0.05) is 13.3 Å². The summed E-state index contributed by atoms with van der Waals surface area (Å²) in [4.78, 5) is 23.5. The maximum absolute atomic E-state index is 11.3. The molecule has 1 atom stereocenters. The van der Waals surface area contributed by atoms with Crippen molar-refractivity contribution in [3.63, 3.8) is 0 Å². The maximum atomic E-state index is 11.3. The first-order valence-corrected chi connectivity index (χ1v) is 4.65. The number of rotatable bonds is 4. The fourth-order valence-corrected chi connectivity index (χ4v) is 1.50. The summed E-state index contributed by atoms with van der Waals surface area (Å²) in [5.74, 6) is -1.35. The Morgan fingerprint density at radius 3 is 2.85 bits per heavy atom. The number of hydrogen-bond acceptors (Lipinski definition) is 2. The first-order valence-electron chi connectivity index (χ1n) is 4.65. The molecule has 74 valence electrons. The lowest BCUT2D eigenvalue weighted by molar-refractivity contribution is -0.141. The van der Waals surface area contributed by atoms with Crippen LogP contribution in [0.5, 0.6) is 0 Å². The van der Waals surface area contributed by atoms with Gasteiger partial charge in [0.2, 0.25) is 5.91 Å². The van der Waals surface area contributed by atoms with Gasteiger partial charge >= 0.3 is 5.97 Å². The Morgan fingerprint density at radius 2 is 2.38 bits per heavy atom. The van der Waals surface area contributed by atoms with Gasteiger partial charge in [-0.05, 0) is 6.42 Å². The van der Waals surface area contributed by atoms with Crippen LogP contribution in [0.25, 0.3) is 0 Å². The number of likely N-dealkylation sites (tertiary alicyclic amines) is 1. The summed E-state index contributed by atoms with van der Waals surface area (Å²) in [5.41, 5.74) is 0. The molecule has 1 amide bonds.